The van der Waals surface area contributed by atoms with Gasteiger partial charge in [-0.2, -0.15) is 0 Å². The van der Waals surface area contributed by atoms with Gasteiger partial charge in [-0.3, -0.25) is 9.97 Å². The molecule has 124 valence electrons. The molecule has 1 N–H and O–H groups in total. The van der Waals surface area contributed by atoms with Crippen LogP contribution in [0.25, 0.3) is 0 Å². The summed E-state index contributed by atoms with van der Waals surface area (Å²) in [7, 11) is 0. The molecule has 1 aliphatic rings. The molecule has 0 bridgehead atoms. The summed E-state index contributed by atoms with van der Waals surface area (Å²) < 4.78 is 26.4. The van der Waals surface area contributed by atoms with Gasteiger partial charge in [0.25, 0.3) is 0 Å². The molecule has 1 fully saturated rings. The van der Waals surface area contributed by atoms with E-state index in [1.54, 1.807) is 18.6 Å². The number of rotatable bonds is 6. The van der Waals surface area contributed by atoms with Gasteiger partial charge in [0, 0.05) is 30.2 Å². The molecule has 0 amide bonds. The van der Waals surface area contributed by atoms with Crippen molar-refractivity contribution in [2.45, 2.75) is 57.1 Å². The quantitative estimate of drug-likeness (QED) is 0.806. The lowest BCUT2D eigenvalue weighted by molar-refractivity contribution is -0.182. The zero-order valence-corrected chi connectivity index (χ0v) is 14.3. The third-order valence-corrected chi connectivity index (χ3v) is 4.94. The first-order valence-corrected chi connectivity index (χ1v) is 8.79. The van der Waals surface area contributed by atoms with E-state index >= 15 is 0 Å². The SMILES string of the molecule is CC(C)(C)[S+]([O-])N[C@@H](CCC1OCCCO1)c1cnccn1. The van der Waals surface area contributed by atoms with E-state index in [1.807, 2.05) is 20.8 Å². The van der Waals surface area contributed by atoms with Crippen molar-refractivity contribution in [1.82, 2.24) is 14.7 Å². The molecule has 1 aromatic heterocycles. The van der Waals surface area contributed by atoms with Crippen LogP contribution >= 0.6 is 0 Å². The van der Waals surface area contributed by atoms with Gasteiger partial charge in [-0.1, -0.05) is 0 Å². The summed E-state index contributed by atoms with van der Waals surface area (Å²) in [5, 5.41) is 0. The molecule has 1 unspecified atom stereocenters. The molecule has 1 aliphatic heterocycles. The normalized spacial score (nSPS) is 19.8. The molecule has 2 rings (SSSR count). The van der Waals surface area contributed by atoms with Crippen LogP contribution < -0.4 is 4.72 Å². The summed E-state index contributed by atoms with van der Waals surface area (Å²) in [5.41, 5.74) is 0.788. The summed E-state index contributed by atoms with van der Waals surface area (Å²) in [4.78, 5) is 8.44. The molecular weight excluding hydrogens is 302 g/mol. The Morgan fingerprint density at radius 1 is 1.36 bits per heavy atom. The van der Waals surface area contributed by atoms with Gasteiger partial charge in [0.05, 0.1) is 31.1 Å². The van der Waals surface area contributed by atoms with Crippen LogP contribution in [0.2, 0.25) is 0 Å². The van der Waals surface area contributed by atoms with Crippen LogP contribution in [0.5, 0.6) is 0 Å². The minimum Gasteiger partial charge on any atom is -0.598 e. The van der Waals surface area contributed by atoms with Gasteiger partial charge < -0.3 is 14.0 Å². The second kappa shape index (κ2) is 8.21. The van der Waals surface area contributed by atoms with Crippen LogP contribution in [-0.2, 0) is 20.8 Å². The second-order valence-corrected chi connectivity index (χ2v) is 8.28. The lowest BCUT2D eigenvalue weighted by Gasteiger charge is -2.29. The monoisotopic (exact) mass is 327 g/mol. The number of nitrogens with zero attached hydrogens (tertiary/aromatic N) is 2. The Morgan fingerprint density at radius 3 is 2.68 bits per heavy atom. The van der Waals surface area contributed by atoms with E-state index in [0.717, 1.165) is 38.2 Å². The fourth-order valence-electron chi connectivity index (χ4n) is 2.07. The molecule has 22 heavy (non-hydrogen) atoms. The Hall–Kier alpha value is -0.730. The molecule has 0 saturated carbocycles. The van der Waals surface area contributed by atoms with E-state index in [1.165, 1.54) is 0 Å². The van der Waals surface area contributed by atoms with Crippen molar-refractivity contribution in [3.63, 3.8) is 0 Å². The van der Waals surface area contributed by atoms with Crippen LogP contribution in [0.3, 0.4) is 0 Å². The van der Waals surface area contributed by atoms with Gasteiger partial charge in [0.1, 0.15) is 4.75 Å². The van der Waals surface area contributed by atoms with E-state index in [9.17, 15) is 4.55 Å². The molecule has 6 nitrogen and oxygen atoms in total. The summed E-state index contributed by atoms with van der Waals surface area (Å²) >= 11 is -1.17. The maximum Gasteiger partial charge on any atom is 0.157 e. The Labute approximate surface area is 135 Å². The van der Waals surface area contributed by atoms with Crippen molar-refractivity contribution in [3.05, 3.63) is 24.3 Å². The molecule has 0 aromatic carbocycles. The van der Waals surface area contributed by atoms with Crippen LogP contribution in [0, 0.1) is 0 Å². The van der Waals surface area contributed by atoms with Crippen molar-refractivity contribution in [2.75, 3.05) is 13.2 Å². The average molecular weight is 327 g/mol. The third kappa shape index (κ3) is 5.48. The first kappa shape index (κ1) is 17.6. The summed E-state index contributed by atoms with van der Waals surface area (Å²) in [6, 6.07) is -0.136. The number of nitrogens with one attached hydrogen (secondary N) is 1. The summed E-state index contributed by atoms with van der Waals surface area (Å²) in [6.45, 7) is 7.30. The van der Waals surface area contributed by atoms with Crippen LogP contribution in [0.4, 0.5) is 0 Å². The van der Waals surface area contributed by atoms with E-state index in [4.69, 9.17) is 9.47 Å². The number of ether oxygens (including phenoxy) is 2. The van der Waals surface area contributed by atoms with Crippen molar-refractivity contribution < 1.29 is 14.0 Å². The van der Waals surface area contributed by atoms with Crippen molar-refractivity contribution in [3.8, 4) is 0 Å². The van der Waals surface area contributed by atoms with Crippen molar-refractivity contribution in [2.24, 2.45) is 0 Å². The van der Waals surface area contributed by atoms with E-state index in [2.05, 4.69) is 14.7 Å². The molecule has 2 atom stereocenters. The zero-order valence-electron chi connectivity index (χ0n) is 13.4. The highest BCUT2D eigenvalue weighted by Gasteiger charge is 2.31. The molecular formula is C15H25N3O3S. The summed E-state index contributed by atoms with van der Waals surface area (Å²) in [6.07, 6.45) is 7.21. The Morgan fingerprint density at radius 2 is 2.09 bits per heavy atom. The van der Waals surface area contributed by atoms with Gasteiger partial charge in [-0.05, 0) is 33.6 Å². The average Bonchev–Trinajstić information content (AvgIpc) is 2.52. The highest BCUT2D eigenvalue weighted by Crippen LogP contribution is 2.24. The van der Waals surface area contributed by atoms with Crippen LogP contribution in [-0.4, -0.2) is 38.8 Å². The van der Waals surface area contributed by atoms with E-state index in [0.29, 0.717) is 0 Å². The molecule has 7 heteroatoms. The molecule has 0 aliphatic carbocycles. The maximum atomic E-state index is 12.4. The smallest absolute Gasteiger partial charge is 0.157 e. The molecule has 0 spiro atoms. The minimum absolute atomic E-state index is 0.136. The molecule has 2 heterocycles. The van der Waals surface area contributed by atoms with Crippen molar-refractivity contribution in [1.29, 1.82) is 0 Å². The fourth-order valence-corrected chi connectivity index (χ4v) is 2.92. The first-order chi connectivity index (χ1) is 10.5. The fraction of sp³-hybridized carbons (Fsp3) is 0.733. The largest absolute Gasteiger partial charge is 0.598 e. The zero-order chi connectivity index (χ0) is 16.0. The van der Waals surface area contributed by atoms with Gasteiger partial charge in [0.2, 0.25) is 0 Å². The first-order valence-electron chi connectivity index (χ1n) is 7.64. The highest BCUT2D eigenvalue weighted by atomic mass is 32.2. The molecule has 1 saturated heterocycles. The van der Waals surface area contributed by atoms with Crippen molar-refractivity contribution >= 4 is 11.4 Å². The van der Waals surface area contributed by atoms with Gasteiger partial charge in [-0.25, -0.2) is 0 Å². The third-order valence-electron chi connectivity index (χ3n) is 3.33. The molecule has 0 radical (unpaired) electrons. The second-order valence-electron chi connectivity index (χ2n) is 6.28. The maximum absolute atomic E-state index is 12.4. The Kier molecular flexibility index (Phi) is 6.58. The van der Waals surface area contributed by atoms with Gasteiger partial charge in [-0.15, -0.1) is 4.72 Å². The van der Waals surface area contributed by atoms with E-state index < -0.39 is 11.4 Å². The van der Waals surface area contributed by atoms with Gasteiger partial charge in [0.15, 0.2) is 6.29 Å². The Bertz CT molecular complexity index is 435. The Balaban J connectivity index is 1.98. The van der Waals surface area contributed by atoms with E-state index in [-0.39, 0.29) is 17.1 Å². The van der Waals surface area contributed by atoms with Crippen LogP contribution in [0.15, 0.2) is 18.6 Å². The standard InChI is InChI=1S/C15H25N3O3S/c1-15(2,3)22(19)18-12(13-11-16-7-8-17-13)5-6-14-20-9-4-10-21-14/h7-8,11-12,14,18H,4-6,9-10H2,1-3H3/t12-,22?/m0/s1. The predicted octanol–water partition coefficient (Wildman–Crippen LogP) is 2.11. The summed E-state index contributed by atoms with van der Waals surface area (Å²) in [5.74, 6) is 0. The predicted molar refractivity (Wildman–Crippen MR) is 85.3 cm³/mol. The lowest BCUT2D eigenvalue weighted by atomic mass is 10.1. The lowest BCUT2D eigenvalue weighted by Crippen LogP contribution is -2.41. The topological polar surface area (TPSA) is 79.3 Å². The van der Waals surface area contributed by atoms with Crippen LogP contribution in [0.1, 0.15) is 51.8 Å². The minimum atomic E-state index is -1.17. The highest BCUT2D eigenvalue weighted by molar-refractivity contribution is 7.90. The number of hydrogen-bond donors (Lipinski definition) is 1. The van der Waals surface area contributed by atoms with Gasteiger partial charge >= 0.3 is 0 Å². The number of aromatic nitrogens is 2. The molecule has 1 aromatic rings. The number of hydrogen-bond acceptors (Lipinski definition) is 6.